The van der Waals surface area contributed by atoms with Crippen LogP contribution in [0.2, 0.25) is 0 Å². The summed E-state index contributed by atoms with van der Waals surface area (Å²) in [6.45, 7) is 7.23. The Labute approximate surface area is 350 Å². The third kappa shape index (κ3) is 5.35. The zero-order valence-electron chi connectivity index (χ0n) is 33.3. The SMILES string of the molecule is C=C(C1=C(/C=C\C)C(c2ccccc2)(c2ccccc2)c2ccccc21)N(c1cccc(-c2cccc3oc4c5ccccc5ccc4c23)c1)c1cccc2ccccc12. The number of nitrogens with zero attached hydrogens (tertiary/aromatic N) is 1. The highest BCUT2D eigenvalue weighted by Gasteiger charge is 2.47. The Morgan fingerprint density at radius 3 is 1.93 bits per heavy atom. The predicted octanol–water partition coefficient (Wildman–Crippen LogP) is 15.6. The van der Waals surface area contributed by atoms with Gasteiger partial charge in [-0.05, 0) is 87.0 Å². The minimum Gasteiger partial charge on any atom is -0.455 e. The van der Waals surface area contributed by atoms with Crippen LogP contribution in [0, 0.1) is 0 Å². The Morgan fingerprint density at radius 1 is 0.550 bits per heavy atom. The lowest BCUT2D eigenvalue weighted by Crippen LogP contribution is -2.29. The first-order valence-corrected chi connectivity index (χ1v) is 20.7. The van der Waals surface area contributed by atoms with Gasteiger partial charge < -0.3 is 9.32 Å². The van der Waals surface area contributed by atoms with Gasteiger partial charge >= 0.3 is 0 Å². The molecule has 60 heavy (non-hydrogen) atoms. The maximum atomic E-state index is 6.65. The summed E-state index contributed by atoms with van der Waals surface area (Å²) in [6.07, 6.45) is 4.49. The van der Waals surface area contributed by atoms with Crippen molar-refractivity contribution in [2.45, 2.75) is 12.3 Å². The molecular formula is C58H41NO. The van der Waals surface area contributed by atoms with Crippen molar-refractivity contribution >= 4 is 60.4 Å². The summed E-state index contributed by atoms with van der Waals surface area (Å²) >= 11 is 0. The molecule has 1 aromatic heterocycles. The third-order valence-electron chi connectivity index (χ3n) is 12.4. The lowest BCUT2D eigenvalue weighted by atomic mass is 9.66. The van der Waals surface area contributed by atoms with Gasteiger partial charge in [0.15, 0.2) is 0 Å². The predicted molar refractivity (Wildman–Crippen MR) is 253 cm³/mol. The largest absolute Gasteiger partial charge is 0.455 e. The van der Waals surface area contributed by atoms with Gasteiger partial charge in [0, 0.05) is 38.5 Å². The molecule has 0 N–H and O–H groups in total. The van der Waals surface area contributed by atoms with Gasteiger partial charge in [-0.2, -0.15) is 0 Å². The molecule has 1 aliphatic carbocycles. The second-order valence-corrected chi connectivity index (χ2v) is 15.6. The fourth-order valence-corrected chi connectivity index (χ4v) is 9.92. The molecule has 0 radical (unpaired) electrons. The highest BCUT2D eigenvalue weighted by Crippen LogP contribution is 2.58. The zero-order chi connectivity index (χ0) is 40.2. The van der Waals surface area contributed by atoms with Crippen LogP contribution in [0.25, 0.3) is 60.2 Å². The Morgan fingerprint density at radius 2 is 1.17 bits per heavy atom. The van der Waals surface area contributed by atoms with E-state index in [-0.39, 0.29) is 0 Å². The average Bonchev–Trinajstić information content (AvgIpc) is 3.84. The van der Waals surface area contributed by atoms with Crippen LogP contribution in [0.4, 0.5) is 11.4 Å². The van der Waals surface area contributed by atoms with Crippen LogP contribution in [-0.4, -0.2) is 0 Å². The van der Waals surface area contributed by atoms with Crippen molar-refractivity contribution in [3.05, 3.63) is 259 Å². The van der Waals surface area contributed by atoms with Gasteiger partial charge in [-0.1, -0.05) is 195 Å². The number of fused-ring (bicyclic) bond motifs is 7. The van der Waals surface area contributed by atoms with Crippen molar-refractivity contribution in [2.24, 2.45) is 0 Å². The maximum Gasteiger partial charge on any atom is 0.143 e. The molecule has 0 spiro atoms. The van der Waals surface area contributed by atoms with E-state index in [4.69, 9.17) is 11.0 Å². The molecule has 0 saturated carbocycles. The van der Waals surface area contributed by atoms with Gasteiger partial charge in [-0.15, -0.1) is 0 Å². The fraction of sp³-hybridized carbons (Fsp3) is 0.0345. The topological polar surface area (TPSA) is 16.4 Å². The highest BCUT2D eigenvalue weighted by molar-refractivity contribution is 6.19. The summed E-state index contributed by atoms with van der Waals surface area (Å²) in [5, 5.41) is 6.83. The fourth-order valence-electron chi connectivity index (χ4n) is 9.92. The van der Waals surface area contributed by atoms with E-state index in [1.54, 1.807) is 0 Å². The van der Waals surface area contributed by atoms with Crippen molar-refractivity contribution in [3.63, 3.8) is 0 Å². The lowest BCUT2D eigenvalue weighted by Gasteiger charge is -2.35. The van der Waals surface area contributed by atoms with Crippen LogP contribution in [0.3, 0.4) is 0 Å². The van der Waals surface area contributed by atoms with Crippen molar-refractivity contribution < 1.29 is 4.42 Å². The number of furan rings is 1. The van der Waals surface area contributed by atoms with Crippen LogP contribution < -0.4 is 4.90 Å². The summed E-state index contributed by atoms with van der Waals surface area (Å²) in [7, 11) is 0. The smallest absolute Gasteiger partial charge is 0.143 e. The van der Waals surface area contributed by atoms with Gasteiger partial charge in [-0.3, -0.25) is 0 Å². The molecule has 0 bridgehead atoms. The quantitative estimate of drug-likeness (QED) is 0.153. The van der Waals surface area contributed by atoms with E-state index in [0.717, 1.165) is 66.5 Å². The standard InChI is InChI=1S/C58H41NO/c1-3-19-52-55(49-31-14-15-33-51(49)58(52,43-24-6-4-7-25-43)44-26-8-5-9-27-44)39(2)59(53-34-17-22-40-20-10-12-29-46(40)53)45-28-16-23-42(38-45)47-32-18-35-54-56(47)50-37-36-41-21-11-13-30-48(41)57(50)60-54/h3-38H,2H2,1H3/b19-3-. The second kappa shape index (κ2) is 14.3. The van der Waals surface area contributed by atoms with Gasteiger partial charge in [0.2, 0.25) is 0 Å². The summed E-state index contributed by atoms with van der Waals surface area (Å²) in [5.74, 6) is 0. The molecule has 9 aromatic carbocycles. The molecule has 11 rings (SSSR count). The molecule has 0 aliphatic heterocycles. The number of hydrogen-bond acceptors (Lipinski definition) is 2. The number of allylic oxidation sites excluding steroid dienone is 4. The number of hydrogen-bond donors (Lipinski definition) is 0. The molecule has 0 saturated heterocycles. The first-order valence-electron chi connectivity index (χ1n) is 20.7. The molecule has 0 fully saturated rings. The van der Waals surface area contributed by atoms with E-state index in [1.807, 2.05) is 0 Å². The van der Waals surface area contributed by atoms with Crippen LogP contribution in [-0.2, 0) is 5.41 Å². The highest BCUT2D eigenvalue weighted by atomic mass is 16.3. The zero-order valence-corrected chi connectivity index (χ0v) is 33.3. The molecule has 1 heterocycles. The molecule has 2 heteroatoms. The van der Waals surface area contributed by atoms with Crippen LogP contribution >= 0.6 is 0 Å². The summed E-state index contributed by atoms with van der Waals surface area (Å²) < 4.78 is 6.65. The van der Waals surface area contributed by atoms with E-state index in [1.165, 1.54) is 38.6 Å². The average molecular weight is 768 g/mol. The molecule has 0 amide bonds. The summed E-state index contributed by atoms with van der Waals surface area (Å²) in [4.78, 5) is 2.38. The van der Waals surface area contributed by atoms with Crippen molar-refractivity contribution in [3.8, 4) is 11.1 Å². The molecule has 1 aliphatic rings. The minimum absolute atomic E-state index is 0.585. The van der Waals surface area contributed by atoms with Gasteiger partial charge in [0.25, 0.3) is 0 Å². The molecule has 0 atom stereocenters. The Balaban J connectivity index is 1.18. The molecule has 284 valence electrons. The van der Waals surface area contributed by atoms with Gasteiger partial charge in [0.1, 0.15) is 11.2 Å². The number of rotatable bonds is 8. The van der Waals surface area contributed by atoms with Crippen molar-refractivity contribution in [1.82, 2.24) is 0 Å². The lowest BCUT2D eigenvalue weighted by molar-refractivity contribution is 0.673. The number of anilines is 2. The van der Waals surface area contributed by atoms with Crippen molar-refractivity contribution in [1.29, 1.82) is 0 Å². The van der Waals surface area contributed by atoms with E-state index in [0.29, 0.717) is 0 Å². The van der Waals surface area contributed by atoms with Crippen LogP contribution in [0.1, 0.15) is 29.2 Å². The van der Waals surface area contributed by atoms with Gasteiger partial charge in [-0.25, -0.2) is 0 Å². The van der Waals surface area contributed by atoms with Gasteiger partial charge in [0.05, 0.1) is 11.1 Å². The third-order valence-corrected chi connectivity index (χ3v) is 12.4. The van der Waals surface area contributed by atoms with E-state index in [2.05, 4.69) is 230 Å². The maximum absolute atomic E-state index is 6.65. The first-order chi connectivity index (χ1) is 29.7. The van der Waals surface area contributed by atoms with Crippen LogP contribution in [0.5, 0.6) is 0 Å². The Bertz CT molecular complexity index is 3300. The summed E-state index contributed by atoms with van der Waals surface area (Å²) in [5.41, 5.74) is 13.6. The normalized spacial score (nSPS) is 13.5. The molecule has 2 nitrogen and oxygen atoms in total. The van der Waals surface area contributed by atoms with Crippen molar-refractivity contribution in [2.75, 3.05) is 4.90 Å². The monoisotopic (exact) mass is 767 g/mol. The van der Waals surface area contributed by atoms with Crippen LogP contribution in [0.15, 0.2) is 241 Å². The minimum atomic E-state index is -0.585. The number of benzene rings is 9. The molecule has 0 unspecified atom stereocenters. The first kappa shape index (κ1) is 35.5. The Kier molecular flexibility index (Phi) is 8.46. The van der Waals surface area contributed by atoms with E-state index < -0.39 is 5.41 Å². The van der Waals surface area contributed by atoms with E-state index >= 15 is 0 Å². The second-order valence-electron chi connectivity index (χ2n) is 15.6. The van der Waals surface area contributed by atoms with E-state index in [9.17, 15) is 0 Å². The molecule has 10 aromatic rings. The molecular weight excluding hydrogens is 727 g/mol. The summed E-state index contributed by atoms with van der Waals surface area (Å²) in [6, 6.07) is 74.3. The Hall–Kier alpha value is -7.68.